The lowest BCUT2D eigenvalue weighted by atomic mass is 10.0. The number of alkyl halides is 3. The maximum Gasteiger partial charge on any atom is 0.416 e. The molecule has 28 heavy (non-hydrogen) atoms. The van der Waals surface area contributed by atoms with E-state index >= 15 is 0 Å². The monoisotopic (exact) mass is 471 g/mol. The van der Waals surface area contributed by atoms with Crippen LogP contribution in [0.3, 0.4) is 0 Å². The molecule has 0 radical (unpaired) electrons. The number of nitrogens with zero attached hydrogens (tertiary/aromatic N) is 1. The Morgan fingerprint density at radius 2 is 1.89 bits per heavy atom. The molecule has 3 aromatic rings. The van der Waals surface area contributed by atoms with Gasteiger partial charge in [-0.05, 0) is 30.7 Å². The Kier molecular flexibility index (Phi) is 6.52. The summed E-state index contributed by atoms with van der Waals surface area (Å²) >= 11 is 4.73. The minimum atomic E-state index is -4.36. The number of hydrogen-bond acceptors (Lipinski definition) is 4. The normalized spacial score (nSPS) is 12.9. The second kappa shape index (κ2) is 8.71. The largest absolute Gasteiger partial charge is 0.416 e. The van der Waals surface area contributed by atoms with Crippen molar-refractivity contribution in [2.75, 3.05) is 5.75 Å². The van der Waals surface area contributed by atoms with Crippen LogP contribution in [0.1, 0.15) is 28.5 Å². The summed E-state index contributed by atoms with van der Waals surface area (Å²) in [7, 11) is 0. The molecule has 8 heteroatoms. The van der Waals surface area contributed by atoms with Crippen LogP contribution < -0.4 is 0 Å². The Labute approximate surface area is 173 Å². The molecule has 3 rings (SSSR count). The number of aryl methyl sites for hydroxylation is 1. The number of aromatic nitrogens is 1. The van der Waals surface area contributed by atoms with E-state index in [0.29, 0.717) is 34.1 Å². The van der Waals surface area contributed by atoms with Crippen molar-refractivity contribution in [1.82, 2.24) is 5.16 Å². The van der Waals surface area contributed by atoms with E-state index in [1.165, 1.54) is 17.8 Å². The first-order valence-corrected chi connectivity index (χ1v) is 10.3. The zero-order chi connectivity index (χ0) is 20.3. The summed E-state index contributed by atoms with van der Waals surface area (Å²) in [6, 6.07) is 12.7. The average molecular weight is 472 g/mol. The molecule has 0 aliphatic heterocycles. The highest BCUT2D eigenvalue weighted by Crippen LogP contribution is 2.34. The lowest BCUT2D eigenvalue weighted by molar-refractivity contribution is -0.137. The third-order valence-electron chi connectivity index (χ3n) is 4.15. The van der Waals surface area contributed by atoms with Gasteiger partial charge in [0.1, 0.15) is 0 Å². The summed E-state index contributed by atoms with van der Waals surface area (Å²) in [5.74, 6) is 1.16. The van der Waals surface area contributed by atoms with E-state index < -0.39 is 17.8 Å². The molecular formula is C20H17BrF3NO2S. The van der Waals surface area contributed by atoms with E-state index in [1.807, 2.05) is 24.3 Å². The fraction of sp³-hybridized carbons (Fsp3) is 0.250. The third-order valence-corrected chi connectivity index (χ3v) is 5.76. The summed E-state index contributed by atoms with van der Waals surface area (Å²) in [4.78, 5) is 0. The van der Waals surface area contributed by atoms with E-state index in [1.54, 1.807) is 13.0 Å². The quantitative estimate of drug-likeness (QED) is 0.451. The number of benzene rings is 2. The van der Waals surface area contributed by atoms with Gasteiger partial charge in [-0.3, -0.25) is 0 Å². The van der Waals surface area contributed by atoms with Gasteiger partial charge in [-0.1, -0.05) is 51.4 Å². The minimum Gasteiger partial charge on any atom is -0.387 e. The molecular weight excluding hydrogens is 455 g/mol. The molecule has 1 unspecified atom stereocenters. The number of hydrogen-bond donors (Lipinski definition) is 1. The molecule has 0 amide bonds. The molecule has 1 N–H and O–H groups in total. The predicted molar refractivity (Wildman–Crippen MR) is 107 cm³/mol. The molecule has 1 atom stereocenters. The Balaban J connectivity index is 1.68. The van der Waals surface area contributed by atoms with Crippen molar-refractivity contribution in [3.63, 3.8) is 0 Å². The van der Waals surface area contributed by atoms with Crippen LogP contribution in [0.5, 0.6) is 0 Å². The van der Waals surface area contributed by atoms with Gasteiger partial charge >= 0.3 is 6.18 Å². The van der Waals surface area contributed by atoms with Crippen LogP contribution >= 0.6 is 27.7 Å². The molecule has 0 fully saturated rings. The first kappa shape index (κ1) is 21.0. The van der Waals surface area contributed by atoms with E-state index in [0.717, 1.165) is 22.2 Å². The lowest BCUT2D eigenvalue weighted by Crippen LogP contribution is -2.05. The topological polar surface area (TPSA) is 46.3 Å². The van der Waals surface area contributed by atoms with E-state index in [-0.39, 0.29) is 0 Å². The van der Waals surface area contributed by atoms with Gasteiger partial charge in [-0.15, -0.1) is 0 Å². The van der Waals surface area contributed by atoms with Crippen molar-refractivity contribution in [3.05, 3.63) is 75.4 Å². The Bertz CT molecular complexity index is 941. The molecule has 3 nitrogen and oxygen atoms in total. The first-order chi connectivity index (χ1) is 13.3. The van der Waals surface area contributed by atoms with Crippen molar-refractivity contribution in [3.8, 4) is 11.3 Å². The fourth-order valence-corrected chi connectivity index (χ4v) is 3.98. The average Bonchev–Trinajstić information content (AvgIpc) is 3.03. The van der Waals surface area contributed by atoms with Gasteiger partial charge in [0.2, 0.25) is 0 Å². The number of aliphatic hydroxyl groups is 1. The standard InChI is InChI=1S/C20H17BrF3NO2S/c1-12-18(19(27-25-12)14-5-7-16(21)8-6-14)17(26)11-28-10-13-3-2-4-15(9-13)20(22,23)24/h2-9,17,26H,10-11H2,1H3. The van der Waals surface area contributed by atoms with Gasteiger partial charge in [0, 0.05) is 21.5 Å². The molecule has 0 aliphatic carbocycles. The summed E-state index contributed by atoms with van der Waals surface area (Å²) in [6.45, 7) is 1.75. The van der Waals surface area contributed by atoms with Crippen molar-refractivity contribution < 1.29 is 22.8 Å². The van der Waals surface area contributed by atoms with Crippen LogP contribution in [-0.2, 0) is 11.9 Å². The first-order valence-electron chi connectivity index (χ1n) is 8.39. The molecule has 0 spiro atoms. The second-order valence-corrected chi connectivity index (χ2v) is 8.19. The van der Waals surface area contributed by atoms with Gasteiger partial charge in [0.05, 0.1) is 22.9 Å². The van der Waals surface area contributed by atoms with Gasteiger partial charge in [-0.25, -0.2) is 0 Å². The van der Waals surface area contributed by atoms with Crippen molar-refractivity contribution >= 4 is 27.7 Å². The van der Waals surface area contributed by atoms with Gasteiger partial charge in [-0.2, -0.15) is 24.9 Å². The van der Waals surface area contributed by atoms with Crippen LogP contribution in [0.2, 0.25) is 0 Å². The smallest absolute Gasteiger partial charge is 0.387 e. The van der Waals surface area contributed by atoms with Gasteiger partial charge in [0.15, 0.2) is 5.76 Å². The SMILES string of the molecule is Cc1noc(-c2ccc(Br)cc2)c1C(O)CSCc1cccc(C(F)(F)F)c1. The van der Waals surface area contributed by atoms with Gasteiger partial charge < -0.3 is 9.63 Å². The number of thioether (sulfide) groups is 1. The highest BCUT2D eigenvalue weighted by Gasteiger charge is 2.30. The summed E-state index contributed by atoms with van der Waals surface area (Å²) in [6.07, 6.45) is -5.21. The van der Waals surface area contributed by atoms with Crippen molar-refractivity contribution in [1.29, 1.82) is 0 Å². The predicted octanol–water partition coefficient (Wildman–Crippen LogP) is 6.40. The molecule has 1 heterocycles. The molecule has 0 bridgehead atoms. The number of aliphatic hydroxyl groups excluding tert-OH is 1. The van der Waals surface area contributed by atoms with Crippen LogP contribution in [0, 0.1) is 6.92 Å². The Morgan fingerprint density at radius 3 is 2.57 bits per heavy atom. The highest BCUT2D eigenvalue weighted by atomic mass is 79.9. The molecule has 0 saturated heterocycles. The molecule has 0 aliphatic rings. The maximum atomic E-state index is 12.8. The van der Waals surface area contributed by atoms with Crippen LogP contribution in [0.25, 0.3) is 11.3 Å². The molecule has 1 aromatic heterocycles. The minimum absolute atomic E-state index is 0.307. The molecule has 148 valence electrons. The van der Waals surface area contributed by atoms with Crippen molar-refractivity contribution in [2.45, 2.75) is 25.0 Å². The Hall–Kier alpha value is -1.77. The summed E-state index contributed by atoms with van der Waals surface area (Å²) in [5.41, 5.74) is 1.87. The van der Waals surface area contributed by atoms with Crippen LogP contribution in [0.15, 0.2) is 57.5 Å². The Morgan fingerprint density at radius 1 is 1.18 bits per heavy atom. The second-order valence-electron chi connectivity index (χ2n) is 6.25. The number of rotatable bonds is 6. The fourth-order valence-electron chi connectivity index (χ4n) is 2.79. The maximum absolute atomic E-state index is 12.8. The zero-order valence-corrected chi connectivity index (χ0v) is 17.2. The zero-order valence-electron chi connectivity index (χ0n) is 14.8. The van der Waals surface area contributed by atoms with Crippen LogP contribution in [-0.4, -0.2) is 16.0 Å². The van der Waals surface area contributed by atoms with Gasteiger partial charge in [0.25, 0.3) is 0 Å². The van der Waals surface area contributed by atoms with E-state index in [2.05, 4.69) is 21.1 Å². The van der Waals surface area contributed by atoms with E-state index in [9.17, 15) is 18.3 Å². The number of halogens is 4. The molecule has 0 saturated carbocycles. The summed E-state index contributed by atoms with van der Waals surface area (Å²) < 4.78 is 44.8. The highest BCUT2D eigenvalue weighted by molar-refractivity contribution is 9.10. The summed E-state index contributed by atoms with van der Waals surface area (Å²) in [5, 5.41) is 14.6. The third kappa shape index (κ3) is 4.98. The van der Waals surface area contributed by atoms with Crippen molar-refractivity contribution in [2.24, 2.45) is 0 Å². The molecule has 2 aromatic carbocycles. The van der Waals surface area contributed by atoms with E-state index in [4.69, 9.17) is 4.52 Å². The lowest BCUT2D eigenvalue weighted by Gasteiger charge is -2.12. The van der Waals surface area contributed by atoms with Crippen LogP contribution in [0.4, 0.5) is 13.2 Å².